The molecule has 0 aromatic heterocycles. The Balaban J connectivity index is 1.63. The number of amides is 1. The summed E-state index contributed by atoms with van der Waals surface area (Å²) in [5.74, 6) is 1.41. The van der Waals surface area contributed by atoms with Crippen LogP contribution in [0.1, 0.15) is 43.1 Å². The summed E-state index contributed by atoms with van der Waals surface area (Å²) < 4.78 is 5.69. The molecular weight excluding hydrogens is 326 g/mol. The van der Waals surface area contributed by atoms with Gasteiger partial charge in [-0.2, -0.15) is 0 Å². The highest BCUT2D eigenvalue weighted by molar-refractivity contribution is 5.79. The lowest BCUT2D eigenvalue weighted by Crippen LogP contribution is -2.32. The Morgan fingerprint density at radius 3 is 2.65 bits per heavy atom. The molecule has 0 unspecified atom stereocenters. The van der Waals surface area contributed by atoms with Crippen LogP contribution in [0.5, 0.6) is 5.75 Å². The molecule has 0 fully saturated rings. The van der Waals surface area contributed by atoms with Crippen LogP contribution in [0.15, 0.2) is 48.5 Å². The van der Waals surface area contributed by atoms with Crippen LogP contribution in [0.3, 0.4) is 0 Å². The molecule has 0 radical (unpaired) electrons. The molecule has 1 aliphatic rings. The molecular formula is C22H27NO3. The van der Waals surface area contributed by atoms with Gasteiger partial charge >= 0.3 is 0 Å². The van der Waals surface area contributed by atoms with Crippen LogP contribution in [0.4, 0.5) is 0 Å². The molecule has 1 amide bonds. The average molecular weight is 353 g/mol. The minimum absolute atomic E-state index is 0.0877. The third kappa shape index (κ3) is 4.64. The maximum atomic E-state index is 12.7. The number of rotatable bonds is 5. The number of hydrogen-bond acceptors (Lipinski definition) is 3. The van der Waals surface area contributed by atoms with E-state index in [0.717, 1.165) is 22.4 Å². The Labute approximate surface area is 155 Å². The zero-order valence-electron chi connectivity index (χ0n) is 15.5. The summed E-state index contributed by atoms with van der Waals surface area (Å²) in [5.41, 5.74) is 2.95. The molecule has 138 valence electrons. The second kappa shape index (κ2) is 8.37. The Bertz CT molecular complexity index is 739. The fourth-order valence-corrected chi connectivity index (χ4v) is 3.19. The van der Waals surface area contributed by atoms with Crippen molar-refractivity contribution in [2.45, 2.75) is 39.3 Å². The van der Waals surface area contributed by atoms with E-state index in [4.69, 9.17) is 4.74 Å². The maximum absolute atomic E-state index is 12.7. The lowest BCUT2D eigenvalue weighted by atomic mass is 10.0. The van der Waals surface area contributed by atoms with E-state index in [2.05, 4.69) is 13.8 Å². The van der Waals surface area contributed by atoms with E-state index in [1.54, 1.807) is 0 Å². The summed E-state index contributed by atoms with van der Waals surface area (Å²) >= 11 is 0. The summed E-state index contributed by atoms with van der Waals surface area (Å²) in [7, 11) is 0. The molecule has 3 rings (SSSR count). The first-order valence-electron chi connectivity index (χ1n) is 9.28. The molecule has 1 heterocycles. The molecule has 1 N–H and O–H groups in total. The summed E-state index contributed by atoms with van der Waals surface area (Å²) in [6.07, 6.45) is 0.439. The normalized spacial score (nSPS) is 16.9. The van der Waals surface area contributed by atoms with Gasteiger partial charge < -0.3 is 14.7 Å². The average Bonchev–Trinajstić information content (AvgIpc) is 2.80. The number of fused-ring (bicyclic) bond motifs is 1. The largest absolute Gasteiger partial charge is 0.493 e. The summed E-state index contributed by atoms with van der Waals surface area (Å²) in [6.45, 7) is 6.05. The molecule has 0 spiro atoms. The molecule has 2 aromatic carbocycles. The predicted molar refractivity (Wildman–Crippen MR) is 102 cm³/mol. The second-order valence-electron chi connectivity index (χ2n) is 7.34. The number of aliphatic hydroxyl groups excluding tert-OH is 1. The molecule has 1 aliphatic heterocycles. The molecule has 4 nitrogen and oxygen atoms in total. The lowest BCUT2D eigenvalue weighted by Gasteiger charge is -2.21. The number of benzene rings is 2. The number of nitrogens with zero attached hydrogens (tertiary/aromatic N) is 1. The zero-order valence-corrected chi connectivity index (χ0v) is 15.5. The topological polar surface area (TPSA) is 49.8 Å². The van der Waals surface area contributed by atoms with Gasteiger partial charge in [-0.05, 0) is 41.2 Å². The number of ether oxygens (including phenoxy) is 1. The van der Waals surface area contributed by atoms with E-state index in [9.17, 15) is 9.90 Å². The second-order valence-corrected chi connectivity index (χ2v) is 7.34. The molecule has 26 heavy (non-hydrogen) atoms. The molecule has 0 saturated heterocycles. The molecule has 0 aliphatic carbocycles. The summed E-state index contributed by atoms with van der Waals surface area (Å²) in [4.78, 5) is 14.6. The van der Waals surface area contributed by atoms with Gasteiger partial charge in [0.15, 0.2) is 0 Å². The van der Waals surface area contributed by atoms with Gasteiger partial charge in [-0.15, -0.1) is 0 Å². The van der Waals surface area contributed by atoms with E-state index >= 15 is 0 Å². The number of carbonyl (C=O) groups is 1. The third-order valence-corrected chi connectivity index (χ3v) is 4.66. The van der Waals surface area contributed by atoms with Crippen molar-refractivity contribution in [3.05, 3.63) is 65.2 Å². The van der Waals surface area contributed by atoms with Gasteiger partial charge in [-0.3, -0.25) is 4.79 Å². The quantitative estimate of drug-likeness (QED) is 0.891. The van der Waals surface area contributed by atoms with Gasteiger partial charge in [0.25, 0.3) is 0 Å². The van der Waals surface area contributed by atoms with E-state index in [0.29, 0.717) is 38.5 Å². The first-order valence-corrected chi connectivity index (χ1v) is 9.28. The van der Waals surface area contributed by atoms with E-state index in [1.807, 2.05) is 53.4 Å². The van der Waals surface area contributed by atoms with Crippen LogP contribution in [-0.2, 0) is 17.8 Å². The van der Waals surface area contributed by atoms with Gasteiger partial charge in [-0.1, -0.05) is 50.2 Å². The highest BCUT2D eigenvalue weighted by atomic mass is 16.5. The SMILES string of the molecule is CC(C)COc1ccc(CC(=O)N2CC[C@@H](O)c3ccccc3C2)cc1. The van der Waals surface area contributed by atoms with Crippen LogP contribution in [-0.4, -0.2) is 29.1 Å². The van der Waals surface area contributed by atoms with Crippen LogP contribution in [0.2, 0.25) is 0 Å². The lowest BCUT2D eigenvalue weighted by molar-refractivity contribution is -0.131. The highest BCUT2D eigenvalue weighted by Gasteiger charge is 2.23. The first kappa shape index (κ1) is 18.5. The van der Waals surface area contributed by atoms with Crippen molar-refractivity contribution in [3.63, 3.8) is 0 Å². The highest BCUT2D eigenvalue weighted by Crippen LogP contribution is 2.26. The minimum atomic E-state index is -0.499. The molecule has 4 heteroatoms. The Kier molecular flexibility index (Phi) is 5.94. The number of hydrogen-bond donors (Lipinski definition) is 1. The smallest absolute Gasteiger partial charge is 0.227 e. The molecule has 0 saturated carbocycles. The number of carbonyl (C=O) groups excluding carboxylic acids is 1. The van der Waals surface area contributed by atoms with Gasteiger partial charge in [0.05, 0.1) is 19.1 Å². The zero-order chi connectivity index (χ0) is 18.5. The monoisotopic (exact) mass is 353 g/mol. The maximum Gasteiger partial charge on any atom is 0.227 e. The third-order valence-electron chi connectivity index (χ3n) is 4.66. The first-order chi connectivity index (χ1) is 12.5. The van der Waals surface area contributed by atoms with Crippen molar-refractivity contribution in [2.24, 2.45) is 5.92 Å². The van der Waals surface area contributed by atoms with Crippen molar-refractivity contribution in [1.82, 2.24) is 4.90 Å². The fourth-order valence-electron chi connectivity index (χ4n) is 3.19. The minimum Gasteiger partial charge on any atom is -0.493 e. The van der Waals surface area contributed by atoms with Crippen LogP contribution in [0.25, 0.3) is 0 Å². The summed E-state index contributed by atoms with van der Waals surface area (Å²) in [6, 6.07) is 15.6. The Morgan fingerprint density at radius 1 is 1.19 bits per heavy atom. The van der Waals surface area contributed by atoms with Crippen molar-refractivity contribution < 1.29 is 14.6 Å². The van der Waals surface area contributed by atoms with Gasteiger partial charge in [0.1, 0.15) is 5.75 Å². The van der Waals surface area contributed by atoms with Crippen molar-refractivity contribution >= 4 is 5.91 Å². The van der Waals surface area contributed by atoms with E-state index < -0.39 is 6.10 Å². The van der Waals surface area contributed by atoms with Gasteiger partial charge in [0, 0.05) is 13.1 Å². The van der Waals surface area contributed by atoms with Crippen molar-refractivity contribution in [1.29, 1.82) is 0 Å². The Morgan fingerprint density at radius 2 is 1.92 bits per heavy atom. The fraction of sp³-hybridized carbons (Fsp3) is 0.409. The van der Waals surface area contributed by atoms with E-state index in [-0.39, 0.29) is 5.91 Å². The Hall–Kier alpha value is -2.33. The van der Waals surface area contributed by atoms with Crippen LogP contribution >= 0.6 is 0 Å². The van der Waals surface area contributed by atoms with Crippen molar-refractivity contribution in [3.8, 4) is 5.75 Å². The van der Waals surface area contributed by atoms with Gasteiger partial charge in [-0.25, -0.2) is 0 Å². The van der Waals surface area contributed by atoms with Gasteiger partial charge in [0.2, 0.25) is 5.91 Å². The predicted octanol–water partition coefficient (Wildman–Crippen LogP) is 3.73. The standard InChI is InChI=1S/C22H27NO3/c1-16(2)15-26-19-9-7-17(8-10-19)13-22(25)23-12-11-21(24)20-6-4-3-5-18(20)14-23/h3-10,16,21,24H,11-15H2,1-2H3/t21-/m1/s1. The van der Waals surface area contributed by atoms with E-state index in [1.165, 1.54) is 0 Å². The van der Waals surface area contributed by atoms with Crippen LogP contribution in [0, 0.1) is 5.92 Å². The molecule has 1 atom stereocenters. The van der Waals surface area contributed by atoms with Crippen LogP contribution < -0.4 is 4.74 Å². The number of aliphatic hydroxyl groups is 1. The molecule has 0 bridgehead atoms. The molecule has 2 aromatic rings. The summed E-state index contributed by atoms with van der Waals surface area (Å²) in [5, 5.41) is 10.3. The van der Waals surface area contributed by atoms with Crippen molar-refractivity contribution in [2.75, 3.05) is 13.2 Å².